The summed E-state index contributed by atoms with van der Waals surface area (Å²) in [7, 11) is 0. The van der Waals surface area contributed by atoms with Gasteiger partial charge in [-0.15, -0.1) is 0 Å². The predicted molar refractivity (Wildman–Crippen MR) is 85.2 cm³/mol. The molecule has 0 aliphatic heterocycles. The minimum atomic E-state index is 0.347. The molecule has 0 amide bonds. The number of hydrogen-bond acceptors (Lipinski definition) is 2. The third-order valence-corrected chi connectivity index (χ3v) is 4.54. The highest BCUT2D eigenvalue weighted by molar-refractivity contribution is 5.35. The van der Waals surface area contributed by atoms with Crippen molar-refractivity contribution in [3.63, 3.8) is 0 Å². The molecule has 0 saturated heterocycles. The highest BCUT2D eigenvalue weighted by atomic mass is 16.5. The van der Waals surface area contributed by atoms with Crippen LogP contribution in [0, 0.1) is 5.92 Å². The largest absolute Gasteiger partial charge is 0.490 e. The summed E-state index contributed by atoms with van der Waals surface area (Å²) in [5.41, 5.74) is 1.29. The topological polar surface area (TPSA) is 21.3 Å². The maximum atomic E-state index is 6.42. The van der Waals surface area contributed by atoms with E-state index in [-0.39, 0.29) is 0 Å². The number of nitrogens with one attached hydrogen (secondary N) is 1. The molecule has 2 rings (SSSR count). The second-order valence-electron chi connectivity index (χ2n) is 5.93. The van der Waals surface area contributed by atoms with Crippen LogP contribution in [0.5, 0.6) is 5.75 Å². The number of rotatable bonds is 6. The summed E-state index contributed by atoms with van der Waals surface area (Å²) < 4.78 is 6.42. The smallest absolute Gasteiger partial charge is 0.124 e. The molecule has 3 unspecified atom stereocenters. The van der Waals surface area contributed by atoms with Gasteiger partial charge in [0.25, 0.3) is 0 Å². The first-order chi connectivity index (χ1) is 9.76. The van der Waals surface area contributed by atoms with Crippen molar-refractivity contribution < 1.29 is 4.74 Å². The Morgan fingerprint density at radius 2 is 1.95 bits per heavy atom. The number of hydrogen-bond donors (Lipinski definition) is 1. The molecule has 1 aromatic rings. The molecule has 2 nitrogen and oxygen atoms in total. The van der Waals surface area contributed by atoms with Crippen LogP contribution in [0.4, 0.5) is 0 Å². The van der Waals surface area contributed by atoms with Gasteiger partial charge in [-0.25, -0.2) is 0 Å². The molecular formula is C18H29NO. The van der Waals surface area contributed by atoms with E-state index in [2.05, 4.69) is 50.4 Å². The summed E-state index contributed by atoms with van der Waals surface area (Å²) >= 11 is 0. The van der Waals surface area contributed by atoms with Gasteiger partial charge < -0.3 is 10.1 Å². The molecule has 1 saturated carbocycles. The van der Waals surface area contributed by atoms with Crippen molar-refractivity contribution in [1.29, 1.82) is 0 Å². The lowest BCUT2D eigenvalue weighted by Gasteiger charge is -2.32. The molecule has 1 aliphatic carbocycles. The van der Waals surface area contributed by atoms with E-state index in [0.29, 0.717) is 12.1 Å². The van der Waals surface area contributed by atoms with Gasteiger partial charge in [0.05, 0.1) is 0 Å². The highest BCUT2D eigenvalue weighted by Gasteiger charge is 2.26. The fourth-order valence-electron chi connectivity index (χ4n) is 3.32. The fraction of sp³-hybridized carbons (Fsp3) is 0.667. The van der Waals surface area contributed by atoms with Gasteiger partial charge in [0, 0.05) is 11.6 Å². The first-order valence-corrected chi connectivity index (χ1v) is 8.25. The van der Waals surface area contributed by atoms with E-state index in [9.17, 15) is 0 Å². The second-order valence-corrected chi connectivity index (χ2v) is 5.93. The Kier molecular flexibility index (Phi) is 5.90. The van der Waals surface area contributed by atoms with Gasteiger partial charge in [0.1, 0.15) is 11.9 Å². The molecule has 0 spiro atoms. The Bertz CT molecular complexity index is 404. The fourth-order valence-corrected chi connectivity index (χ4v) is 3.32. The maximum absolute atomic E-state index is 6.42. The van der Waals surface area contributed by atoms with Crippen molar-refractivity contribution in [1.82, 2.24) is 5.32 Å². The highest BCUT2D eigenvalue weighted by Crippen LogP contribution is 2.33. The van der Waals surface area contributed by atoms with Crippen LogP contribution in [0.2, 0.25) is 0 Å². The molecule has 112 valence electrons. The molecule has 0 bridgehead atoms. The molecule has 3 atom stereocenters. The van der Waals surface area contributed by atoms with E-state index in [0.717, 1.165) is 18.2 Å². The van der Waals surface area contributed by atoms with Crippen molar-refractivity contribution in [3.8, 4) is 5.75 Å². The summed E-state index contributed by atoms with van der Waals surface area (Å²) in [5.74, 6) is 1.80. The van der Waals surface area contributed by atoms with Crippen LogP contribution in [0.15, 0.2) is 24.3 Å². The molecule has 20 heavy (non-hydrogen) atoms. The van der Waals surface area contributed by atoms with Crippen LogP contribution in [-0.4, -0.2) is 12.6 Å². The predicted octanol–water partition coefficient (Wildman–Crippen LogP) is 4.70. The van der Waals surface area contributed by atoms with E-state index in [1.54, 1.807) is 0 Å². The van der Waals surface area contributed by atoms with Crippen LogP contribution >= 0.6 is 0 Å². The third kappa shape index (κ3) is 3.76. The molecule has 1 aromatic carbocycles. The van der Waals surface area contributed by atoms with Gasteiger partial charge in [0.2, 0.25) is 0 Å². The van der Waals surface area contributed by atoms with Crippen molar-refractivity contribution >= 4 is 0 Å². The van der Waals surface area contributed by atoms with Crippen molar-refractivity contribution in [2.24, 2.45) is 5.92 Å². The van der Waals surface area contributed by atoms with Crippen molar-refractivity contribution in [2.75, 3.05) is 6.54 Å². The van der Waals surface area contributed by atoms with Gasteiger partial charge >= 0.3 is 0 Å². The molecular weight excluding hydrogens is 246 g/mol. The first-order valence-electron chi connectivity index (χ1n) is 8.25. The van der Waals surface area contributed by atoms with Crippen LogP contribution < -0.4 is 10.1 Å². The maximum Gasteiger partial charge on any atom is 0.124 e. The Hall–Kier alpha value is -1.02. The molecule has 0 radical (unpaired) electrons. The van der Waals surface area contributed by atoms with E-state index in [4.69, 9.17) is 4.74 Å². The number of ether oxygens (including phenoxy) is 1. The zero-order chi connectivity index (χ0) is 14.4. The van der Waals surface area contributed by atoms with Crippen molar-refractivity contribution in [2.45, 2.75) is 65.0 Å². The molecule has 0 aromatic heterocycles. The van der Waals surface area contributed by atoms with Crippen LogP contribution in [-0.2, 0) is 0 Å². The summed E-state index contributed by atoms with van der Waals surface area (Å²) in [6.07, 6.45) is 6.85. The van der Waals surface area contributed by atoms with Crippen LogP contribution in [0.3, 0.4) is 0 Å². The zero-order valence-electron chi connectivity index (χ0n) is 13.2. The quantitative estimate of drug-likeness (QED) is 0.812. The van der Waals surface area contributed by atoms with E-state index >= 15 is 0 Å². The normalized spacial score (nSPS) is 24.4. The van der Waals surface area contributed by atoms with Gasteiger partial charge in [-0.3, -0.25) is 0 Å². The molecule has 1 aliphatic rings. The Labute approximate surface area is 123 Å². The van der Waals surface area contributed by atoms with Crippen LogP contribution in [0.1, 0.15) is 64.5 Å². The van der Waals surface area contributed by atoms with E-state index < -0.39 is 0 Å². The molecule has 2 heteroatoms. The van der Waals surface area contributed by atoms with E-state index in [1.807, 2.05) is 0 Å². The summed E-state index contributed by atoms with van der Waals surface area (Å²) in [5, 5.41) is 3.48. The third-order valence-electron chi connectivity index (χ3n) is 4.54. The second kappa shape index (κ2) is 7.68. The average Bonchev–Trinajstić information content (AvgIpc) is 2.48. The molecule has 0 heterocycles. The summed E-state index contributed by atoms with van der Waals surface area (Å²) in [4.78, 5) is 0. The summed E-state index contributed by atoms with van der Waals surface area (Å²) in [6, 6.07) is 8.85. The molecule has 1 fully saturated rings. The Morgan fingerprint density at radius 1 is 1.20 bits per heavy atom. The summed E-state index contributed by atoms with van der Waals surface area (Å²) in [6.45, 7) is 7.63. The minimum absolute atomic E-state index is 0.347. The van der Waals surface area contributed by atoms with E-state index in [1.165, 1.54) is 37.7 Å². The first kappa shape index (κ1) is 15.4. The monoisotopic (exact) mass is 275 g/mol. The number of para-hydroxylation sites is 1. The van der Waals surface area contributed by atoms with Crippen molar-refractivity contribution in [3.05, 3.63) is 29.8 Å². The minimum Gasteiger partial charge on any atom is -0.490 e. The lowest BCUT2D eigenvalue weighted by atomic mass is 9.84. The lowest BCUT2D eigenvalue weighted by molar-refractivity contribution is 0.0889. The zero-order valence-corrected chi connectivity index (χ0v) is 13.2. The number of benzene rings is 1. The van der Waals surface area contributed by atoms with Gasteiger partial charge in [-0.2, -0.15) is 0 Å². The van der Waals surface area contributed by atoms with Gasteiger partial charge in [0.15, 0.2) is 0 Å². The standard InChI is InChI=1S/C18H29NO/c1-4-15-10-6-8-12-17(15)20-18-13-9-7-11-16(18)14(3)19-5-2/h7,9,11,13-15,17,19H,4-6,8,10,12H2,1-3H3. The molecule has 1 N–H and O–H groups in total. The Morgan fingerprint density at radius 3 is 2.70 bits per heavy atom. The van der Waals surface area contributed by atoms with Crippen LogP contribution in [0.25, 0.3) is 0 Å². The van der Waals surface area contributed by atoms with Gasteiger partial charge in [-0.1, -0.05) is 38.5 Å². The Balaban J connectivity index is 2.11. The lowest BCUT2D eigenvalue weighted by Crippen LogP contribution is -2.30. The average molecular weight is 275 g/mol. The van der Waals surface area contributed by atoms with Gasteiger partial charge in [-0.05, 0) is 51.1 Å². The SMILES string of the molecule is CCNC(C)c1ccccc1OC1CCCCC1CC.